The predicted molar refractivity (Wildman–Crippen MR) is 76.1 cm³/mol. The van der Waals surface area contributed by atoms with Gasteiger partial charge in [-0.05, 0) is 37.1 Å². The van der Waals surface area contributed by atoms with Crippen molar-refractivity contribution in [2.24, 2.45) is 0 Å². The summed E-state index contributed by atoms with van der Waals surface area (Å²) in [5.41, 5.74) is 0.774. The molecule has 0 saturated heterocycles. The van der Waals surface area contributed by atoms with Crippen molar-refractivity contribution in [1.29, 1.82) is 0 Å². The third kappa shape index (κ3) is 3.73. The Bertz CT molecular complexity index is 724. The molecule has 1 aromatic heterocycles. The minimum atomic E-state index is -4.77. The molecule has 0 unspecified atom stereocenters. The van der Waals surface area contributed by atoms with Gasteiger partial charge in [0.1, 0.15) is 0 Å². The monoisotopic (exact) mass is 341 g/mol. The zero-order chi connectivity index (χ0) is 17.3. The highest BCUT2D eigenvalue weighted by Crippen LogP contribution is 2.38. The molecule has 2 aromatic rings. The maximum atomic E-state index is 12.2. The Morgan fingerprint density at radius 1 is 1.33 bits per heavy atom. The van der Waals surface area contributed by atoms with Gasteiger partial charge < -0.3 is 14.9 Å². The number of carbonyl (C=O) groups excluding carboxylic acids is 1. The minimum Gasteiger partial charge on any atom is -0.382 e. The SMILES string of the molecule is O=C(NC[C@H](O)C(F)(F)F)c1ccc(-c2nc(C3CC3)no2)cc1. The number of aliphatic hydroxyl groups excluding tert-OH is 1. The highest BCUT2D eigenvalue weighted by Gasteiger charge is 2.38. The molecule has 0 aliphatic heterocycles. The average Bonchev–Trinajstić information content (AvgIpc) is 3.29. The van der Waals surface area contributed by atoms with Crippen molar-refractivity contribution in [1.82, 2.24) is 15.5 Å². The molecule has 1 heterocycles. The van der Waals surface area contributed by atoms with Crippen LogP contribution < -0.4 is 5.32 Å². The van der Waals surface area contributed by atoms with Gasteiger partial charge in [-0.3, -0.25) is 4.79 Å². The molecular formula is C15H14F3N3O3. The lowest BCUT2D eigenvalue weighted by Gasteiger charge is -2.14. The smallest absolute Gasteiger partial charge is 0.382 e. The first-order valence-electron chi connectivity index (χ1n) is 7.31. The van der Waals surface area contributed by atoms with E-state index < -0.39 is 24.7 Å². The number of aromatic nitrogens is 2. The van der Waals surface area contributed by atoms with Gasteiger partial charge in [0.25, 0.3) is 11.8 Å². The molecule has 1 amide bonds. The number of nitrogens with zero attached hydrogens (tertiary/aromatic N) is 2. The van der Waals surface area contributed by atoms with Crippen LogP contribution in [0.15, 0.2) is 28.8 Å². The van der Waals surface area contributed by atoms with Crippen molar-refractivity contribution in [3.05, 3.63) is 35.7 Å². The Balaban J connectivity index is 1.62. The van der Waals surface area contributed by atoms with E-state index >= 15 is 0 Å². The van der Waals surface area contributed by atoms with E-state index in [2.05, 4.69) is 10.1 Å². The van der Waals surface area contributed by atoms with Gasteiger partial charge in [0.05, 0.1) is 6.54 Å². The summed E-state index contributed by atoms with van der Waals surface area (Å²) < 4.78 is 41.7. The molecule has 1 aromatic carbocycles. The summed E-state index contributed by atoms with van der Waals surface area (Å²) in [7, 11) is 0. The first kappa shape index (κ1) is 16.4. The van der Waals surface area contributed by atoms with Crippen LogP contribution in [-0.2, 0) is 0 Å². The number of benzene rings is 1. The Morgan fingerprint density at radius 3 is 2.58 bits per heavy atom. The van der Waals surface area contributed by atoms with E-state index in [1.807, 2.05) is 5.32 Å². The normalized spacial score (nSPS) is 16.0. The lowest BCUT2D eigenvalue weighted by atomic mass is 10.1. The first-order chi connectivity index (χ1) is 11.3. The largest absolute Gasteiger partial charge is 0.416 e. The zero-order valence-corrected chi connectivity index (χ0v) is 12.4. The van der Waals surface area contributed by atoms with Crippen LogP contribution >= 0.6 is 0 Å². The molecule has 128 valence electrons. The standard InChI is InChI=1S/C15H14F3N3O3/c16-15(17,18)11(22)7-19-13(23)9-3-5-10(6-4-9)14-20-12(21-24-14)8-1-2-8/h3-6,8,11,22H,1-2,7H2,(H,19,23)/t11-/m0/s1. The maximum absolute atomic E-state index is 12.2. The van der Waals surface area contributed by atoms with E-state index in [0.29, 0.717) is 23.2 Å². The number of amides is 1. The summed E-state index contributed by atoms with van der Waals surface area (Å²) in [6.07, 6.45) is -5.28. The summed E-state index contributed by atoms with van der Waals surface area (Å²) in [4.78, 5) is 16.1. The van der Waals surface area contributed by atoms with E-state index in [1.165, 1.54) is 12.1 Å². The number of alkyl halides is 3. The fourth-order valence-electron chi connectivity index (χ4n) is 2.03. The van der Waals surface area contributed by atoms with E-state index in [9.17, 15) is 18.0 Å². The molecule has 0 bridgehead atoms. The summed E-state index contributed by atoms with van der Waals surface area (Å²) in [5.74, 6) is 0.631. The first-order valence-corrected chi connectivity index (χ1v) is 7.31. The van der Waals surface area contributed by atoms with Crippen LogP contribution in [0.1, 0.15) is 34.9 Å². The van der Waals surface area contributed by atoms with Crippen LogP contribution in [0, 0.1) is 0 Å². The summed E-state index contributed by atoms with van der Waals surface area (Å²) >= 11 is 0. The van der Waals surface area contributed by atoms with Gasteiger partial charge in [0.2, 0.25) is 0 Å². The predicted octanol–water partition coefficient (Wildman–Crippen LogP) is 2.27. The number of nitrogens with one attached hydrogen (secondary N) is 1. The summed E-state index contributed by atoms with van der Waals surface area (Å²) in [6.45, 7) is -0.904. The van der Waals surface area contributed by atoms with Gasteiger partial charge in [-0.15, -0.1) is 0 Å². The molecule has 2 N–H and O–H groups in total. The highest BCUT2D eigenvalue weighted by atomic mass is 19.4. The number of hydrogen-bond donors (Lipinski definition) is 2. The van der Waals surface area contributed by atoms with Gasteiger partial charge >= 0.3 is 6.18 Å². The second kappa shape index (κ2) is 6.23. The average molecular weight is 341 g/mol. The zero-order valence-electron chi connectivity index (χ0n) is 12.4. The molecule has 0 spiro atoms. The van der Waals surface area contributed by atoms with Crippen LogP contribution in [0.3, 0.4) is 0 Å². The van der Waals surface area contributed by atoms with Crippen molar-refractivity contribution in [3.63, 3.8) is 0 Å². The van der Waals surface area contributed by atoms with E-state index in [0.717, 1.165) is 12.8 Å². The lowest BCUT2D eigenvalue weighted by molar-refractivity contribution is -0.201. The van der Waals surface area contributed by atoms with Crippen LogP contribution in [-0.4, -0.2) is 40.0 Å². The molecular weight excluding hydrogens is 327 g/mol. The molecule has 1 fully saturated rings. The quantitative estimate of drug-likeness (QED) is 0.871. The van der Waals surface area contributed by atoms with Gasteiger partial charge in [-0.25, -0.2) is 0 Å². The molecule has 24 heavy (non-hydrogen) atoms. The third-order valence-corrected chi connectivity index (χ3v) is 3.61. The van der Waals surface area contributed by atoms with Crippen molar-refractivity contribution in [2.45, 2.75) is 31.0 Å². The van der Waals surface area contributed by atoms with Gasteiger partial charge in [0, 0.05) is 17.0 Å². The van der Waals surface area contributed by atoms with Crippen molar-refractivity contribution < 1.29 is 27.6 Å². The highest BCUT2D eigenvalue weighted by molar-refractivity contribution is 5.94. The number of hydrogen-bond acceptors (Lipinski definition) is 5. The van der Waals surface area contributed by atoms with Crippen molar-refractivity contribution >= 4 is 5.91 Å². The third-order valence-electron chi connectivity index (χ3n) is 3.61. The van der Waals surface area contributed by atoms with Gasteiger partial charge in [-0.1, -0.05) is 5.16 Å². The maximum Gasteiger partial charge on any atom is 0.416 e. The Labute approximate surface area is 134 Å². The Kier molecular flexibility index (Phi) is 4.27. The molecule has 1 saturated carbocycles. The van der Waals surface area contributed by atoms with Gasteiger partial charge in [-0.2, -0.15) is 18.2 Å². The summed E-state index contributed by atoms with van der Waals surface area (Å²) in [6, 6.07) is 6.01. The number of halogens is 3. The van der Waals surface area contributed by atoms with E-state index in [-0.39, 0.29) is 5.56 Å². The van der Waals surface area contributed by atoms with Crippen molar-refractivity contribution in [2.75, 3.05) is 6.54 Å². The van der Waals surface area contributed by atoms with E-state index in [1.54, 1.807) is 12.1 Å². The van der Waals surface area contributed by atoms with E-state index in [4.69, 9.17) is 9.63 Å². The summed E-state index contributed by atoms with van der Waals surface area (Å²) in [5, 5.41) is 14.8. The topological polar surface area (TPSA) is 88.2 Å². The van der Waals surface area contributed by atoms with Gasteiger partial charge in [0.15, 0.2) is 11.9 Å². The van der Waals surface area contributed by atoms with Crippen LogP contribution in [0.2, 0.25) is 0 Å². The van der Waals surface area contributed by atoms with Crippen LogP contribution in [0.5, 0.6) is 0 Å². The molecule has 1 atom stereocenters. The number of carbonyl (C=O) groups is 1. The molecule has 3 rings (SSSR count). The number of rotatable bonds is 5. The second-order valence-corrected chi connectivity index (χ2v) is 5.58. The fourth-order valence-corrected chi connectivity index (χ4v) is 2.03. The second-order valence-electron chi connectivity index (χ2n) is 5.58. The molecule has 6 nitrogen and oxygen atoms in total. The Morgan fingerprint density at radius 2 is 2.00 bits per heavy atom. The van der Waals surface area contributed by atoms with Crippen LogP contribution in [0.25, 0.3) is 11.5 Å². The molecule has 1 aliphatic carbocycles. The van der Waals surface area contributed by atoms with Crippen molar-refractivity contribution in [3.8, 4) is 11.5 Å². The Hall–Kier alpha value is -2.42. The number of aliphatic hydroxyl groups is 1. The lowest BCUT2D eigenvalue weighted by Crippen LogP contribution is -2.40. The molecule has 9 heteroatoms. The van der Waals surface area contributed by atoms with Crippen LogP contribution in [0.4, 0.5) is 13.2 Å². The molecule has 1 aliphatic rings. The fraction of sp³-hybridized carbons (Fsp3) is 0.400. The molecule has 0 radical (unpaired) electrons. The minimum absolute atomic E-state index is 0.162.